The first-order chi connectivity index (χ1) is 11.6. The van der Waals surface area contributed by atoms with E-state index >= 15 is 0 Å². The van der Waals surface area contributed by atoms with Crippen LogP contribution in [-0.4, -0.2) is 53.4 Å². The van der Waals surface area contributed by atoms with E-state index in [1.807, 2.05) is 30.3 Å². The molecule has 2 fully saturated rings. The second-order valence-corrected chi connectivity index (χ2v) is 7.20. The summed E-state index contributed by atoms with van der Waals surface area (Å²) in [5.74, 6) is 0.504. The summed E-state index contributed by atoms with van der Waals surface area (Å²) < 4.78 is 5.70. The van der Waals surface area contributed by atoms with Crippen LogP contribution in [0.4, 0.5) is 0 Å². The summed E-state index contributed by atoms with van der Waals surface area (Å²) in [4.78, 5) is 14.1. The first kappa shape index (κ1) is 17.2. The molecule has 0 radical (unpaired) electrons. The molecule has 1 aliphatic heterocycles. The lowest BCUT2D eigenvalue weighted by molar-refractivity contribution is -0.165. The average Bonchev–Trinajstić information content (AvgIpc) is 3.39. The van der Waals surface area contributed by atoms with Gasteiger partial charge in [-0.05, 0) is 37.3 Å². The maximum atomic E-state index is 11.9. The SMILES string of the molecule is O=C(O)[C@@]1(CC2CC2)CN(CCCOc2ccccc2)CC[C@@H]1O. The topological polar surface area (TPSA) is 70.0 Å². The number of carbonyl (C=O) groups is 1. The van der Waals surface area contributed by atoms with E-state index < -0.39 is 17.5 Å². The van der Waals surface area contributed by atoms with E-state index in [0.717, 1.165) is 38.1 Å². The number of hydrogen-bond donors (Lipinski definition) is 2. The number of nitrogens with zero attached hydrogens (tertiary/aromatic N) is 1. The third-order valence-corrected chi connectivity index (χ3v) is 5.27. The van der Waals surface area contributed by atoms with Crippen molar-refractivity contribution in [3.63, 3.8) is 0 Å². The van der Waals surface area contributed by atoms with Gasteiger partial charge in [-0.1, -0.05) is 31.0 Å². The molecule has 5 nitrogen and oxygen atoms in total. The Balaban J connectivity index is 1.50. The number of piperidine rings is 1. The second-order valence-electron chi connectivity index (χ2n) is 7.20. The molecule has 2 N–H and O–H groups in total. The van der Waals surface area contributed by atoms with Crippen molar-refractivity contribution in [3.05, 3.63) is 30.3 Å². The van der Waals surface area contributed by atoms with Crippen molar-refractivity contribution in [2.24, 2.45) is 11.3 Å². The number of carboxylic acids is 1. The van der Waals surface area contributed by atoms with Gasteiger partial charge in [-0.2, -0.15) is 0 Å². The Hall–Kier alpha value is -1.59. The van der Waals surface area contributed by atoms with Crippen molar-refractivity contribution in [1.29, 1.82) is 0 Å². The highest BCUT2D eigenvalue weighted by molar-refractivity contribution is 5.76. The van der Waals surface area contributed by atoms with Crippen LogP contribution in [-0.2, 0) is 4.79 Å². The van der Waals surface area contributed by atoms with Crippen molar-refractivity contribution >= 4 is 5.97 Å². The Kier molecular flexibility index (Phi) is 5.41. The Labute approximate surface area is 143 Å². The second kappa shape index (κ2) is 7.53. The minimum Gasteiger partial charge on any atom is -0.494 e. The molecular formula is C19H27NO4. The van der Waals surface area contributed by atoms with Gasteiger partial charge in [0.05, 0.1) is 12.7 Å². The van der Waals surface area contributed by atoms with Gasteiger partial charge in [-0.25, -0.2) is 0 Å². The van der Waals surface area contributed by atoms with E-state index in [1.54, 1.807) is 0 Å². The molecule has 5 heteroatoms. The summed E-state index contributed by atoms with van der Waals surface area (Å²) in [6.45, 7) is 2.63. The fraction of sp³-hybridized carbons (Fsp3) is 0.632. The van der Waals surface area contributed by atoms with Gasteiger partial charge in [0, 0.05) is 19.6 Å². The number of ether oxygens (including phenoxy) is 1. The molecule has 0 bridgehead atoms. The molecule has 1 heterocycles. The molecule has 2 aliphatic rings. The van der Waals surface area contributed by atoms with Gasteiger partial charge in [0.1, 0.15) is 11.2 Å². The number of para-hydroxylation sites is 1. The van der Waals surface area contributed by atoms with Crippen LogP contribution < -0.4 is 4.74 Å². The quantitative estimate of drug-likeness (QED) is 0.715. The van der Waals surface area contributed by atoms with E-state index in [1.165, 1.54) is 0 Å². The number of likely N-dealkylation sites (tertiary alicyclic amines) is 1. The Morgan fingerprint density at radius 1 is 1.25 bits per heavy atom. The maximum Gasteiger partial charge on any atom is 0.313 e. The van der Waals surface area contributed by atoms with Crippen LogP contribution in [0.3, 0.4) is 0 Å². The molecule has 0 aromatic heterocycles. The molecule has 24 heavy (non-hydrogen) atoms. The smallest absolute Gasteiger partial charge is 0.313 e. The Bertz CT molecular complexity index is 546. The van der Waals surface area contributed by atoms with Crippen LogP contribution in [0.1, 0.15) is 32.1 Å². The number of rotatable bonds is 8. The monoisotopic (exact) mass is 333 g/mol. The molecule has 0 amide bonds. The minimum absolute atomic E-state index is 0.450. The molecule has 0 spiro atoms. The van der Waals surface area contributed by atoms with Gasteiger partial charge in [-0.3, -0.25) is 4.79 Å². The number of aliphatic hydroxyl groups is 1. The first-order valence-electron chi connectivity index (χ1n) is 8.92. The van der Waals surface area contributed by atoms with Crippen LogP contribution in [0.5, 0.6) is 5.75 Å². The van der Waals surface area contributed by atoms with Gasteiger partial charge in [0.15, 0.2) is 0 Å². The summed E-state index contributed by atoms with van der Waals surface area (Å²) in [6.07, 6.45) is 3.48. The average molecular weight is 333 g/mol. The normalized spacial score (nSPS) is 27.8. The number of carboxylic acid groups (broad SMARTS) is 1. The third kappa shape index (κ3) is 4.08. The highest BCUT2D eigenvalue weighted by Gasteiger charge is 2.51. The fourth-order valence-corrected chi connectivity index (χ4v) is 3.69. The zero-order valence-electron chi connectivity index (χ0n) is 14.1. The molecular weight excluding hydrogens is 306 g/mol. The van der Waals surface area contributed by atoms with Gasteiger partial charge < -0.3 is 19.8 Å². The fourth-order valence-electron chi connectivity index (χ4n) is 3.69. The number of hydrogen-bond acceptors (Lipinski definition) is 4. The van der Waals surface area contributed by atoms with Crippen molar-refractivity contribution in [2.45, 2.75) is 38.2 Å². The number of aliphatic hydroxyl groups excluding tert-OH is 1. The highest BCUT2D eigenvalue weighted by Crippen LogP contribution is 2.45. The Morgan fingerprint density at radius 2 is 2.00 bits per heavy atom. The largest absolute Gasteiger partial charge is 0.494 e. The Morgan fingerprint density at radius 3 is 2.67 bits per heavy atom. The predicted molar refractivity (Wildman–Crippen MR) is 91.0 cm³/mol. The summed E-state index contributed by atoms with van der Waals surface area (Å²) in [5, 5.41) is 20.1. The van der Waals surface area contributed by atoms with Crippen LogP contribution in [0.15, 0.2) is 30.3 Å². The van der Waals surface area contributed by atoms with Crippen molar-refractivity contribution in [3.8, 4) is 5.75 Å². The minimum atomic E-state index is -0.986. The van der Waals surface area contributed by atoms with E-state index in [-0.39, 0.29) is 0 Å². The number of benzene rings is 1. The van der Waals surface area contributed by atoms with Crippen molar-refractivity contribution < 1.29 is 19.7 Å². The molecule has 1 saturated heterocycles. The molecule has 1 aromatic carbocycles. The van der Waals surface area contributed by atoms with E-state index in [0.29, 0.717) is 31.9 Å². The van der Waals surface area contributed by atoms with Crippen molar-refractivity contribution in [1.82, 2.24) is 4.90 Å². The zero-order chi connectivity index (χ0) is 17.0. The van der Waals surface area contributed by atoms with Crippen LogP contribution in [0, 0.1) is 11.3 Å². The standard InChI is InChI=1S/C19H27NO4/c21-17-9-11-20(10-4-12-24-16-5-2-1-3-6-16)14-19(17,18(22)23)13-15-7-8-15/h1-3,5-6,15,17,21H,4,7-14H2,(H,22,23)/t17-,19-/m0/s1. The molecule has 1 aromatic rings. The van der Waals surface area contributed by atoms with E-state index in [9.17, 15) is 15.0 Å². The van der Waals surface area contributed by atoms with Gasteiger partial charge in [0.2, 0.25) is 0 Å². The summed E-state index contributed by atoms with van der Waals surface area (Å²) in [7, 11) is 0. The molecule has 132 valence electrons. The lowest BCUT2D eigenvalue weighted by atomic mass is 9.73. The van der Waals surface area contributed by atoms with E-state index in [2.05, 4.69) is 4.90 Å². The van der Waals surface area contributed by atoms with E-state index in [4.69, 9.17) is 4.74 Å². The molecule has 0 unspecified atom stereocenters. The van der Waals surface area contributed by atoms with Gasteiger partial charge >= 0.3 is 5.97 Å². The van der Waals surface area contributed by atoms with Gasteiger partial charge in [-0.15, -0.1) is 0 Å². The lowest BCUT2D eigenvalue weighted by Gasteiger charge is -2.43. The van der Waals surface area contributed by atoms with Gasteiger partial charge in [0.25, 0.3) is 0 Å². The van der Waals surface area contributed by atoms with Crippen molar-refractivity contribution in [2.75, 3.05) is 26.2 Å². The molecule has 2 atom stereocenters. The first-order valence-corrected chi connectivity index (χ1v) is 8.92. The third-order valence-electron chi connectivity index (χ3n) is 5.27. The summed E-state index contributed by atoms with van der Waals surface area (Å²) in [6, 6.07) is 9.71. The molecule has 1 saturated carbocycles. The molecule has 3 rings (SSSR count). The van der Waals surface area contributed by atoms with Crippen LogP contribution >= 0.6 is 0 Å². The predicted octanol–water partition coefficient (Wildman–Crippen LogP) is 2.39. The lowest BCUT2D eigenvalue weighted by Crippen LogP contribution is -2.56. The highest BCUT2D eigenvalue weighted by atomic mass is 16.5. The number of aliphatic carboxylic acids is 1. The maximum absolute atomic E-state index is 11.9. The molecule has 1 aliphatic carbocycles. The summed E-state index contributed by atoms with van der Waals surface area (Å²) in [5.41, 5.74) is -0.986. The zero-order valence-corrected chi connectivity index (χ0v) is 14.1. The van der Waals surface area contributed by atoms with Crippen LogP contribution in [0.25, 0.3) is 0 Å². The van der Waals surface area contributed by atoms with Crippen LogP contribution in [0.2, 0.25) is 0 Å². The summed E-state index contributed by atoms with van der Waals surface area (Å²) >= 11 is 0.